The van der Waals surface area contributed by atoms with Gasteiger partial charge in [-0.05, 0) is 22.9 Å². The first-order valence-corrected chi connectivity index (χ1v) is 7.01. The van der Waals surface area contributed by atoms with E-state index < -0.39 is 0 Å². The molecule has 0 saturated heterocycles. The Balaban J connectivity index is 2.02. The lowest BCUT2D eigenvalue weighted by Gasteiger charge is -2.20. The maximum atomic E-state index is 12.4. The highest BCUT2D eigenvalue weighted by Gasteiger charge is 2.31. The number of aromatic amines is 1. The molecule has 1 aliphatic heterocycles. The van der Waals surface area contributed by atoms with Crippen molar-refractivity contribution in [1.82, 2.24) is 14.4 Å². The number of aliphatic hydroxyl groups excluding tert-OH is 1. The number of anilines is 2. The van der Waals surface area contributed by atoms with Gasteiger partial charge >= 0.3 is 0 Å². The molecule has 1 aliphatic rings. The Hall–Kier alpha value is -1.58. The summed E-state index contributed by atoms with van der Waals surface area (Å²) >= 11 is 3.42. The first-order chi connectivity index (χ1) is 9.61. The number of nitrogens with one attached hydrogen (secondary N) is 2. The summed E-state index contributed by atoms with van der Waals surface area (Å²) in [6.45, 7) is 2.27. The number of alkyl halides is 1. The van der Waals surface area contributed by atoms with E-state index in [0.717, 1.165) is 5.69 Å². The molecule has 3 heterocycles. The Morgan fingerprint density at radius 1 is 1.60 bits per heavy atom. The zero-order valence-electron chi connectivity index (χ0n) is 10.8. The molecular formula is C11H14BrN5O3. The van der Waals surface area contributed by atoms with Crippen LogP contribution in [0.1, 0.15) is 5.69 Å². The molecule has 0 aliphatic carbocycles. The molecule has 9 heteroatoms. The Labute approximate surface area is 122 Å². The number of aryl methyl sites for hydroxylation is 1. The van der Waals surface area contributed by atoms with E-state index in [1.807, 2.05) is 6.92 Å². The molecule has 0 amide bonds. The van der Waals surface area contributed by atoms with E-state index >= 15 is 0 Å². The summed E-state index contributed by atoms with van der Waals surface area (Å²) in [6, 6.07) is 0. The highest BCUT2D eigenvalue weighted by Crippen LogP contribution is 2.32. The van der Waals surface area contributed by atoms with Crippen molar-refractivity contribution in [2.75, 3.05) is 30.2 Å². The molecule has 3 N–H and O–H groups in total. The molecule has 108 valence electrons. The van der Waals surface area contributed by atoms with E-state index in [1.165, 1.54) is 4.40 Å². The number of halogens is 1. The third-order valence-electron chi connectivity index (χ3n) is 3.00. The minimum atomic E-state index is -0.274. The average Bonchev–Trinajstić information content (AvgIpc) is 2.92. The van der Waals surface area contributed by atoms with Crippen LogP contribution in [0.15, 0.2) is 11.0 Å². The summed E-state index contributed by atoms with van der Waals surface area (Å²) in [4.78, 5) is 21.6. The quantitative estimate of drug-likeness (QED) is 0.417. The van der Waals surface area contributed by atoms with Gasteiger partial charge in [-0.15, -0.1) is 0 Å². The molecule has 3 rings (SSSR count). The monoisotopic (exact) mass is 343 g/mol. The van der Waals surface area contributed by atoms with Crippen LogP contribution in [-0.4, -0.2) is 44.5 Å². The summed E-state index contributed by atoms with van der Waals surface area (Å²) in [5, 5.41) is 11.5. The number of aliphatic hydroxyl groups is 1. The van der Waals surface area contributed by atoms with Gasteiger partial charge in [-0.25, -0.2) is 4.40 Å². The maximum Gasteiger partial charge on any atom is 0.284 e. The SMILES string of the molecule is Cc1cn2c(=O)c3c(nc2[nH]1)N(COCCO)C(Br)N3. The molecule has 0 saturated carbocycles. The predicted octanol–water partition coefficient (Wildman–Crippen LogP) is 0.208. The highest BCUT2D eigenvalue weighted by molar-refractivity contribution is 9.09. The van der Waals surface area contributed by atoms with E-state index in [4.69, 9.17) is 9.84 Å². The van der Waals surface area contributed by atoms with E-state index in [2.05, 4.69) is 31.2 Å². The van der Waals surface area contributed by atoms with Crippen LogP contribution in [0, 0.1) is 6.92 Å². The summed E-state index contributed by atoms with van der Waals surface area (Å²) in [7, 11) is 0. The number of nitrogens with zero attached hydrogens (tertiary/aromatic N) is 3. The van der Waals surface area contributed by atoms with Gasteiger partial charge in [0.1, 0.15) is 12.4 Å². The molecule has 2 aromatic rings. The fourth-order valence-electron chi connectivity index (χ4n) is 2.13. The smallest absolute Gasteiger partial charge is 0.284 e. The maximum absolute atomic E-state index is 12.4. The van der Waals surface area contributed by atoms with Crippen LogP contribution in [0.4, 0.5) is 11.5 Å². The second-order valence-corrected chi connectivity index (χ2v) is 5.32. The molecule has 20 heavy (non-hydrogen) atoms. The van der Waals surface area contributed by atoms with Crippen molar-refractivity contribution in [2.45, 2.75) is 12.0 Å². The van der Waals surface area contributed by atoms with Crippen LogP contribution in [0.25, 0.3) is 5.78 Å². The van der Waals surface area contributed by atoms with Crippen molar-refractivity contribution >= 4 is 33.2 Å². The van der Waals surface area contributed by atoms with E-state index in [9.17, 15) is 4.79 Å². The van der Waals surface area contributed by atoms with Gasteiger partial charge in [-0.2, -0.15) is 4.98 Å². The summed E-state index contributed by atoms with van der Waals surface area (Å²) < 4.78 is 6.77. The third-order valence-corrected chi connectivity index (χ3v) is 3.73. The van der Waals surface area contributed by atoms with Crippen LogP contribution in [0.2, 0.25) is 0 Å². The molecule has 0 spiro atoms. The minimum Gasteiger partial charge on any atom is -0.394 e. The number of H-pyrrole nitrogens is 1. The summed E-state index contributed by atoms with van der Waals surface area (Å²) in [5.41, 5.74) is 1.12. The number of ether oxygens (including phenoxy) is 1. The topological polar surface area (TPSA) is 94.9 Å². The lowest BCUT2D eigenvalue weighted by atomic mass is 10.4. The van der Waals surface area contributed by atoms with E-state index in [1.54, 1.807) is 11.1 Å². The van der Waals surface area contributed by atoms with Crippen molar-refractivity contribution in [3.8, 4) is 0 Å². The van der Waals surface area contributed by atoms with Gasteiger partial charge in [0.2, 0.25) is 5.78 Å². The molecule has 1 atom stereocenters. The van der Waals surface area contributed by atoms with Crippen molar-refractivity contribution < 1.29 is 9.84 Å². The van der Waals surface area contributed by atoms with Crippen LogP contribution in [0.3, 0.4) is 0 Å². The molecular weight excluding hydrogens is 330 g/mol. The van der Waals surface area contributed by atoms with Crippen molar-refractivity contribution in [2.24, 2.45) is 0 Å². The zero-order chi connectivity index (χ0) is 14.3. The fourth-order valence-corrected chi connectivity index (χ4v) is 2.67. The van der Waals surface area contributed by atoms with Gasteiger partial charge in [0, 0.05) is 11.9 Å². The first kappa shape index (κ1) is 13.4. The Morgan fingerprint density at radius 3 is 3.15 bits per heavy atom. The second kappa shape index (κ2) is 5.08. The van der Waals surface area contributed by atoms with Gasteiger partial charge in [0.25, 0.3) is 5.56 Å². The van der Waals surface area contributed by atoms with Crippen LogP contribution in [0.5, 0.6) is 0 Å². The zero-order valence-corrected chi connectivity index (χ0v) is 12.3. The van der Waals surface area contributed by atoms with Gasteiger partial charge in [0.05, 0.1) is 13.2 Å². The molecule has 2 aromatic heterocycles. The molecule has 0 bridgehead atoms. The van der Waals surface area contributed by atoms with Crippen molar-refractivity contribution in [1.29, 1.82) is 0 Å². The van der Waals surface area contributed by atoms with E-state index in [0.29, 0.717) is 17.3 Å². The largest absolute Gasteiger partial charge is 0.394 e. The molecule has 1 unspecified atom stereocenters. The first-order valence-electron chi connectivity index (χ1n) is 6.09. The minimum absolute atomic E-state index is 0.0496. The lowest BCUT2D eigenvalue weighted by molar-refractivity contribution is 0.0927. The van der Waals surface area contributed by atoms with Gasteiger partial charge < -0.3 is 25.0 Å². The van der Waals surface area contributed by atoms with Crippen LogP contribution >= 0.6 is 15.9 Å². The molecule has 8 nitrogen and oxygen atoms in total. The predicted molar refractivity (Wildman–Crippen MR) is 77.3 cm³/mol. The normalized spacial score (nSPS) is 17.6. The van der Waals surface area contributed by atoms with Crippen LogP contribution in [-0.2, 0) is 4.74 Å². The Bertz CT molecular complexity index is 697. The number of imidazole rings is 1. The molecule has 0 radical (unpaired) electrons. The lowest BCUT2D eigenvalue weighted by Crippen LogP contribution is -2.33. The number of hydrogen-bond acceptors (Lipinski definition) is 6. The van der Waals surface area contributed by atoms with E-state index in [-0.39, 0.29) is 30.6 Å². The number of fused-ring (bicyclic) bond motifs is 2. The Morgan fingerprint density at radius 2 is 2.40 bits per heavy atom. The van der Waals surface area contributed by atoms with Crippen molar-refractivity contribution in [3.05, 3.63) is 22.2 Å². The van der Waals surface area contributed by atoms with Gasteiger partial charge in [-0.3, -0.25) is 4.79 Å². The highest BCUT2D eigenvalue weighted by atomic mass is 79.9. The van der Waals surface area contributed by atoms with Gasteiger partial charge in [0.15, 0.2) is 10.9 Å². The molecule has 0 fully saturated rings. The fraction of sp³-hybridized carbons (Fsp3) is 0.455. The summed E-state index contributed by atoms with van der Waals surface area (Å²) in [5.74, 6) is 1.01. The Kier molecular flexibility index (Phi) is 3.40. The molecule has 0 aromatic carbocycles. The third kappa shape index (κ3) is 2.07. The second-order valence-electron chi connectivity index (χ2n) is 4.46. The van der Waals surface area contributed by atoms with Gasteiger partial charge in [-0.1, -0.05) is 0 Å². The van der Waals surface area contributed by atoms with Crippen molar-refractivity contribution in [3.63, 3.8) is 0 Å². The summed E-state index contributed by atoms with van der Waals surface area (Å²) in [6.07, 6.45) is 1.71. The number of rotatable bonds is 4. The number of hydrogen-bond donors (Lipinski definition) is 3. The number of aromatic nitrogens is 3. The standard InChI is InChI=1S/C11H14BrN5O3/c1-6-4-16-9(19)7-8(15-11(16)13-6)17(10(12)14-7)5-20-3-2-18/h4,10,14,18H,2-3,5H2,1H3,(H,13,15). The van der Waals surface area contributed by atoms with Crippen LogP contribution < -0.4 is 15.8 Å². The average molecular weight is 344 g/mol.